The molecule has 0 aromatic carbocycles. The summed E-state index contributed by atoms with van der Waals surface area (Å²) >= 11 is 0. The van der Waals surface area contributed by atoms with Gasteiger partial charge in [-0.1, -0.05) is 22.8 Å². The Morgan fingerprint density at radius 2 is 1.89 bits per heavy atom. The summed E-state index contributed by atoms with van der Waals surface area (Å²) in [6.45, 7) is 6.69. The Hall–Kier alpha value is -0.303. The van der Waals surface area contributed by atoms with Crippen molar-refractivity contribution in [3.8, 4) is 0 Å². The Bertz CT molecular complexity index is 187. The van der Waals surface area contributed by atoms with Crippen LogP contribution in [-0.2, 0) is 0 Å². The first-order valence-corrected chi connectivity index (χ1v) is 4.64. The van der Waals surface area contributed by atoms with E-state index in [1.807, 2.05) is 0 Å². The summed E-state index contributed by atoms with van der Waals surface area (Å²) in [4.78, 5) is 0. The maximum atomic E-state index is 2.31. The molecule has 1 heteroatoms. The molecule has 9 heavy (non-hydrogen) atoms. The smallest absolute Gasteiger partial charge is 0.0170 e. The second-order valence-electron chi connectivity index (χ2n) is 2.98. The molecule has 0 heterocycles. The molecule has 0 aromatic rings. The lowest BCUT2D eigenvalue weighted by molar-refractivity contribution is 1.13. The zero-order valence-electron chi connectivity index (χ0n) is 6.65. The van der Waals surface area contributed by atoms with E-state index in [2.05, 4.69) is 26.8 Å². The molecule has 0 aromatic heterocycles. The summed E-state index contributed by atoms with van der Waals surface area (Å²) in [7, 11) is 1.28. The first-order chi connectivity index (χ1) is 4.13. The van der Waals surface area contributed by atoms with Crippen LogP contribution in [0.15, 0.2) is 22.8 Å². The van der Waals surface area contributed by atoms with Gasteiger partial charge in [0.05, 0.1) is 0 Å². The van der Waals surface area contributed by atoms with Crippen molar-refractivity contribution < 1.29 is 0 Å². The molecule has 0 saturated carbocycles. The molecule has 0 nitrogen and oxygen atoms in total. The Balaban J connectivity index is 2.92. The summed E-state index contributed by atoms with van der Waals surface area (Å²) < 4.78 is 0. The van der Waals surface area contributed by atoms with E-state index in [1.54, 1.807) is 11.1 Å². The molecule has 0 amide bonds. The van der Waals surface area contributed by atoms with Crippen LogP contribution in [0.4, 0.5) is 0 Å². The molecule has 0 aliphatic heterocycles. The lowest BCUT2D eigenvalue weighted by Gasteiger charge is -2.05. The van der Waals surface area contributed by atoms with Gasteiger partial charge in [0.25, 0.3) is 0 Å². The van der Waals surface area contributed by atoms with Gasteiger partial charge in [-0.2, -0.15) is 0 Å². The monoisotopic (exact) mass is 138 g/mol. The minimum atomic E-state index is 0.838. The van der Waals surface area contributed by atoms with Crippen molar-refractivity contribution in [2.45, 2.75) is 26.3 Å². The lowest BCUT2D eigenvalue weighted by atomic mass is 10.1. The number of hydrogen-bond acceptors (Lipinski definition) is 0. The van der Waals surface area contributed by atoms with Crippen LogP contribution in [0.2, 0.25) is 5.54 Å². The van der Waals surface area contributed by atoms with Crippen LogP contribution in [0.5, 0.6) is 0 Å². The summed E-state index contributed by atoms with van der Waals surface area (Å²) in [6, 6.07) is 0. The summed E-state index contributed by atoms with van der Waals surface area (Å²) in [6.07, 6.45) is 2.31. The van der Waals surface area contributed by atoms with Gasteiger partial charge in [-0.05, 0) is 26.3 Å². The average molecular weight is 138 g/mol. The van der Waals surface area contributed by atoms with Crippen molar-refractivity contribution >= 4 is 10.2 Å². The maximum Gasteiger partial charge on any atom is 0.0170 e. The van der Waals surface area contributed by atoms with Gasteiger partial charge < -0.3 is 0 Å². The Morgan fingerprint density at radius 3 is 2.00 bits per heavy atom. The zero-order valence-corrected chi connectivity index (χ0v) is 8.65. The molecule has 0 bridgehead atoms. The highest BCUT2D eigenvalue weighted by atomic mass is 28.1. The van der Waals surface area contributed by atoms with Crippen LogP contribution in [0.1, 0.15) is 20.8 Å². The lowest BCUT2D eigenvalue weighted by Crippen LogP contribution is -1.90. The van der Waals surface area contributed by atoms with Gasteiger partial charge in [0.2, 0.25) is 0 Å². The SMILES string of the molecule is CC1=CC(C)=C(C)C1[SiH3]. The first-order valence-electron chi connectivity index (χ1n) is 3.48. The second kappa shape index (κ2) is 2.14. The topological polar surface area (TPSA) is 0 Å². The third-order valence-corrected chi connectivity index (χ3v) is 4.18. The Labute approximate surface area is 60.1 Å². The molecule has 1 rings (SSSR count). The predicted molar refractivity (Wildman–Crippen MR) is 45.8 cm³/mol. The molecule has 0 N–H and O–H groups in total. The minimum absolute atomic E-state index is 0.838. The second-order valence-corrected chi connectivity index (χ2v) is 4.13. The molecule has 1 aliphatic carbocycles. The van der Waals surface area contributed by atoms with Crippen LogP contribution >= 0.6 is 0 Å². The van der Waals surface area contributed by atoms with Crippen LogP contribution in [0.3, 0.4) is 0 Å². The summed E-state index contributed by atoms with van der Waals surface area (Å²) in [5.41, 5.74) is 5.49. The maximum absolute atomic E-state index is 2.31. The highest BCUT2D eigenvalue weighted by Gasteiger charge is 2.13. The quantitative estimate of drug-likeness (QED) is 0.444. The van der Waals surface area contributed by atoms with Crippen molar-refractivity contribution in [2.24, 2.45) is 0 Å². The van der Waals surface area contributed by atoms with Crippen molar-refractivity contribution in [2.75, 3.05) is 0 Å². The van der Waals surface area contributed by atoms with Crippen LogP contribution < -0.4 is 0 Å². The van der Waals surface area contributed by atoms with Gasteiger partial charge in [-0.3, -0.25) is 0 Å². The molecule has 0 spiro atoms. The van der Waals surface area contributed by atoms with E-state index < -0.39 is 0 Å². The Morgan fingerprint density at radius 1 is 1.33 bits per heavy atom. The van der Waals surface area contributed by atoms with Crippen molar-refractivity contribution in [1.29, 1.82) is 0 Å². The van der Waals surface area contributed by atoms with E-state index in [4.69, 9.17) is 0 Å². The number of allylic oxidation sites excluding steroid dienone is 4. The molecule has 1 aliphatic rings. The van der Waals surface area contributed by atoms with E-state index in [1.165, 1.54) is 15.8 Å². The first kappa shape index (κ1) is 6.81. The predicted octanol–water partition coefficient (Wildman–Crippen LogP) is 1.44. The van der Waals surface area contributed by atoms with Gasteiger partial charge >= 0.3 is 0 Å². The number of rotatable bonds is 0. The van der Waals surface area contributed by atoms with Gasteiger partial charge in [-0.15, -0.1) is 0 Å². The van der Waals surface area contributed by atoms with Crippen LogP contribution in [-0.4, -0.2) is 10.2 Å². The van der Waals surface area contributed by atoms with E-state index >= 15 is 0 Å². The van der Waals surface area contributed by atoms with Crippen molar-refractivity contribution in [3.05, 3.63) is 22.8 Å². The molecular weight excluding hydrogens is 124 g/mol. The van der Waals surface area contributed by atoms with Crippen LogP contribution in [0.25, 0.3) is 0 Å². The van der Waals surface area contributed by atoms with E-state index in [9.17, 15) is 0 Å². The third kappa shape index (κ3) is 1.01. The normalized spacial score (nSPS) is 27.4. The van der Waals surface area contributed by atoms with Gasteiger partial charge in [-0.25, -0.2) is 0 Å². The van der Waals surface area contributed by atoms with Crippen molar-refractivity contribution in [1.82, 2.24) is 0 Å². The Kier molecular flexibility index (Phi) is 1.62. The molecule has 0 saturated heterocycles. The largest absolute Gasteiger partial charge is 0.0696 e. The third-order valence-electron chi connectivity index (χ3n) is 2.40. The summed E-state index contributed by atoms with van der Waals surface area (Å²) in [5.74, 6) is 0. The van der Waals surface area contributed by atoms with Gasteiger partial charge in [0, 0.05) is 10.2 Å². The molecule has 0 fully saturated rings. The fourth-order valence-electron chi connectivity index (χ4n) is 1.26. The van der Waals surface area contributed by atoms with E-state index in [0.717, 1.165) is 5.54 Å². The molecular formula is C8H14Si. The summed E-state index contributed by atoms with van der Waals surface area (Å²) in [5, 5.41) is 0. The van der Waals surface area contributed by atoms with Crippen LogP contribution in [0, 0.1) is 0 Å². The van der Waals surface area contributed by atoms with E-state index in [0.29, 0.717) is 0 Å². The minimum Gasteiger partial charge on any atom is -0.0696 e. The fourth-order valence-corrected chi connectivity index (χ4v) is 1.89. The average Bonchev–Trinajstić information content (AvgIpc) is 1.98. The zero-order chi connectivity index (χ0) is 7.02. The fraction of sp³-hybridized carbons (Fsp3) is 0.500. The standard InChI is InChI=1S/C8H14Si/c1-5-4-6(2)8(9)7(5)3/h4,8H,1-3,9H3. The van der Waals surface area contributed by atoms with Gasteiger partial charge in [0.15, 0.2) is 0 Å². The van der Waals surface area contributed by atoms with Crippen molar-refractivity contribution in [3.63, 3.8) is 0 Å². The molecule has 0 radical (unpaired) electrons. The molecule has 1 unspecified atom stereocenters. The molecule has 50 valence electrons. The highest BCUT2D eigenvalue weighted by Crippen LogP contribution is 2.32. The highest BCUT2D eigenvalue weighted by molar-refractivity contribution is 6.16. The van der Waals surface area contributed by atoms with E-state index in [-0.39, 0.29) is 0 Å². The van der Waals surface area contributed by atoms with Gasteiger partial charge in [0.1, 0.15) is 0 Å². The number of hydrogen-bond donors (Lipinski definition) is 0. The molecule has 1 atom stereocenters.